The van der Waals surface area contributed by atoms with Gasteiger partial charge in [0.2, 0.25) is 0 Å². The minimum Gasteiger partial charge on any atom is -0.376 e. The van der Waals surface area contributed by atoms with Crippen LogP contribution in [0.15, 0.2) is 36.5 Å². The topological polar surface area (TPSA) is 68.2 Å². The standard InChI is InChI=1S/C18H24N4O2/c1-14-12-20-17(15-6-3-2-4-7-15)22(14)10-9-19-18(23)21-13-16-8-5-11-24-16/h2-4,6-7,12,16H,5,8-11,13H2,1H3,(H2,19,21,23)/t16-/m1/s1. The Morgan fingerprint density at radius 2 is 2.17 bits per heavy atom. The lowest BCUT2D eigenvalue weighted by atomic mass is 10.2. The van der Waals surface area contributed by atoms with Gasteiger partial charge < -0.3 is 19.9 Å². The van der Waals surface area contributed by atoms with E-state index in [1.807, 2.05) is 43.5 Å². The molecule has 2 heterocycles. The Morgan fingerprint density at radius 1 is 1.33 bits per heavy atom. The van der Waals surface area contributed by atoms with Gasteiger partial charge in [0.15, 0.2) is 0 Å². The predicted octanol–water partition coefficient (Wildman–Crippen LogP) is 2.34. The van der Waals surface area contributed by atoms with Gasteiger partial charge in [-0.25, -0.2) is 9.78 Å². The number of carbonyl (C=O) groups is 1. The first-order valence-electron chi connectivity index (χ1n) is 8.45. The molecule has 1 aliphatic heterocycles. The molecule has 0 spiro atoms. The van der Waals surface area contributed by atoms with Gasteiger partial charge in [-0.3, -0.25) is 0 Å². The molecule has 6 nitrogen and oxygen atoms in total. The Balaban J connectivity index is 1.50. The molecule has 2 aromatic rings. The molecule has 6 heteroatoms. The van der Waals surface area contributed by atoms with Gasteiger partial charge in [-0.05, 0) is 19.8 Å². The maximum Gasteiger partial charge on any atom is 0.314 e. The number of amides is 2. The van der Waals surface area contributed by atoms with Crippen molar-refractivity contribution in [1.82, 2.24) is 20.2 Å². The molecule has 1 aromatic heterocycles. The number of carbonyl (C=O) groups excluding carboxylic acids is 1. The Labute approximate surface area is 142 Å². The van der Waals surface area contributed by atoms with E-state index in [2.05, 4.69) is 20.2 Å². The van der Waals surface area contributed by atoms with E-state index in [1.165, 1.54) is 0 Å². The fraction of sp³-hybridized carbons (Fsp3) is 0.444. The van der Waals surface area contributed by atoms with Gasteiger partial charge in [0, 0.05) is 43.7 Å². The number of benzene rings is 1. The van der Waals surface area contributed by atoms with Gasteiger partial charge in [0.1, 0.15) is 5.82 Å². The number of aromatic nitrogens is 2. The summed E-state index contributed by atoms with van der Waals surface area (Å²) in [6, 6.07) is 9.93. The quantitative estimate of drug-likeness (QED) is 0.855. The highest BCUT2D eigenvalue weighted by Crippen LogP contribution is 2.18. The Kier molecular flexibility index (Phi) is 5.48. The number of ether oxygens (including phenoxy) is 1. The van der Waals surface area contributed by atoms with Crippen molar-refractivity contribution in [3.05, 3.63) is 42.2 Å². The summed E-state index contributed by atoms with van der Waals surface area (Å²) in [6.07, 6.45) is 4.13. The third-order valence-corrected chi connectivity index (χ3v) is 4.22. The van der Waals surface area contributed by atoms with E-state index >= 15 is 0 Å². The van der Waals surface area contributed by atoms with Crippen molar-refractivity contribution in [3.63, 3.8) is 0 Å². The van der Waals surface area contributed by atoms with Crippen LogP contribution < -0.4 is 10.6 Å². The Morgan fingerprint density at radius 3 is 2.92 bits per heavy atom. The minimum absolute atomic E-state index is 0.149. The summed E-state index contributed by atoms with van der Waals surface area (Å²) in [5.41, 5.74) is 2.16. The zero-order chi connectivity index (χ0) is 16.8. The van der Waals surface area contributed by atoms with Crippen LogP contribution in [-0.2, 0) is 11.3 Å². The molecule has 128 valence electrons. The van der Waals surface area contributed by atoms with Gasteiger partial charge in [0.05, 0.1) is 6.10 Å². The van der Waals surface area contributed by atoms with Crippen molar-refractivity contribution in [3.8, 4) is 11.4 Å². The van der Waals surface area contributed by atoms with Crippen molar-refractivity contribution in [1.29, 1.82) is 0 Å². The van der Waals surface area contributed by atoms with Crippen molar-refractivity contribution in [2.45, 2.75) is 32.4 Å². The highest BCUT2D eigenvalue weighted by Gasteiger charge is 2.16. The summed E-state index contributed by atoms with van der Waals surface area (Å²) in [5.74, 6) is 0.926. The number of nitrogens with zero attached hydrogens (tertiary/aromatic N) is 2. The molecule has 2 amide bonds. The van der Waals surface area contributed by atoms with Crippen LogP contribution in [-0.4, -0.2) is 41.4 Å². The third-order valence-electron chi connectivity index (χ3n) is 4.22. The van der Waals surface area contributed by atoms with E-state index in [1.54, 1.807) is 0 Å². The van der Waals surface area contributed by atoms with Crippen LogP contribution in [0.25, 0.3) is 11.4 Å². The second kappa shape index (κ2) is 7.97. The number of rotatable bonds is 6. The van der Waals surface area contributed by atoms with Crippen LogP contribution in [0.3, 0.4) is 0 Å². The van der Waals surface area contributed by atoms with Gasteiger partial charge in [-0.1, -0.05) is 30.3 Å². The van der Waals surface area contributed by atoms with Gasteiger partial charge in [-0.15, -0.1) is 0 Å². The second-order valence-corrected chi connectivity index (χ2v) is 6.01. The third kappa shape index (κ3) is 4.14. The van der Waals surface area contributed by atoms with Crippen molar-refractivity contribution in [2.75, 3.05) is 19.7 Å². The van der Waals surface area contributed by atoms with Crippen LogP contribution in [0.1, 0.15) is 18.5 Å². The zero-order valence-corrected chi connectivity index (χ0v) is 14.0. The second-order valence-electron chi connectivity index (χ2n) is 6.01. The summed E-state index contributed by atoms with van der Waals surface area (Å²) in [6.45, 7) is 4.64. The molecule has 0 unspecified atom stereocenters. The van der Waals surface area contributed by atoms with Crippen molar-refractivity contribution in [2.24, 2.45) is 0 Å². The number of urea groups is 1. The summed E-state index contributed by atoms with van der Waals surface area (Å²) in [7, 11) is 0. The van der Waals surface area contributed by atoms with Gasteiger partial charge >= 0.3 is 6.03 Å². The molecule has 2 N–H and O–H groups in total. The lowest BCUT2D eigenvalue weighted by Gasteiger charge is -2.13. The zero-order valence-electron chi connectivity index (χ0n) is 14.0. The van der Waals surface area contributed by atoms with Crippen molar-refractivity contribution >= 4 is 6.03 Å². The lowest BCUT2D eigenvalue weighted by Crippen LogP contribution is -2.40. The first-order chi connectivity index (χ1) is 11.7. The van der Waals surface area contributed by atoms with Gasteiger partial charge in [-0.2, -0.15) is 0 Å². The molecular formula is C18H24N4O2. The Bertz CT molecular complexity index is 663. The molecule has 0 aliphatic carbocycles. The molecular weight excluding hydrogens is 304 g/mol. The molecule has 1 atom stereocenters. The van der Waals surface area contributed by atoms with Crippen LogP contribution >= 0.6 is 0 Å². The van der Waals surface area contributed by atoms with Crippen LogP contribution in [0, 0.1) is 6.92 Å². The highest BCUT2D eigenvalue weighted by atomic mass is 16.5. The van der Waals surface area contributed by atoms with E-state index in [-0.39, 0.29) is 12.1 Å². The first kappa shape index (κ1) is 16.5. The molecule has 1 aliphatic rings. The average molecular weight is 328 g/mol. The summed E-state index contributed by atoms with van der Waals surface area (Å²) in [4.78, 5) is 16.4. The maximum atomic E-state index is 11.9. The van der Waals surface area contributed by atoms with Crippen molar-refractivity contribution < 1.29 is 9.53 Å². The summed E-state index contributed by atoms with van der Waals surface area (Å²) >= 11 is 0. The lowest BCUT2D eigenvalue weighted by molar-refractivity contribution is 0.111. The van der Waals surface area contributed by atoms with Crippen LogP contribution in [0.2, 0.25) is 0 Å². The SMILES string of the molecule is Cc1cnc(-c2ccccc2)n1CCNC(=O)NC[C@H]1CCCO1. The van der Waals surface area contributed by atoms with E-state index < -0.39 is 0 Å². The number of hydrogen-bond donors (Lipinski definition) is 2. The molecule has 0 bridgehead atoms. The van der Waals surface area contributed by atoms with Crippen LogP contribution in [0.4, 0.5) is 4.79 Å². The molecule has 0 radical (unpaired) electrons. The largest absolute Gasteiger partial charge is 0.376 e. The molecule has 1 aromatic carbocycles. The average Bonchev–Trinajstić information content (AvgIpc) is 3.24. The predicted molar refractivity (Wildman–Crippen MR) is 92.8 cm³/mol. The Hall–Kier alpha value is -2.34. The number of nitrogens with one attached hydrogen (secondary N) is 2. The fourth-order valence-corrected chi connectivity index (χ4v) is 2.92. The number of aryl methyl sites for hydroxylation is 1. The van der Waals surface area contributed by atoms with E-state index in [0.29, 0.717) is 19.6 Å². The van der Waals surface area contributed by atoms with E-state index in [9.17, 15) is 4.79 Å². The maximum absolute atomic E-state index is 11.9. The molecule has 24 heavy (non-hydrogen) atoms. The molecule has 0 saturated carbocycles. The minimum atomic E-state index is -0.149. The van der Waals surface area contributed by atoms with Gasteiger partial charge in [0.25, 0.3) is 0 Å². The summed E-state index contributed by atoms with van der Waals surface area (Å²) in [5, 5.41) is 5.76. The normalized spacial score (nSPS) is 17.0. The molecule has 3 rings (SSSR count). The first-order valence-corrected chi connectivity index (χ1v) is 8.45. The highest BCUT2D eigenvalue weighted by molar-refractivity contribution is 5.73. The van der Waals surface area contributed by atoms with Crippen LogP contribution in [0.5, 0.6) is 0 Å². The summed E-state index contributed by atoms with van der Waals surface area (Å²) < 4.78 is 7.61. The molecule has 1 saturated heterocycles. The monoisotopic (exact) mass is 328 g/mol. The smallest absolute Gasteiger partial charge is 0.314 e. The molecule has 1 fully saturated rings. The fourth-order valence-electron chi connectivity index (χ4n) is 2.92. The number of imidazole rings is 1. The van der Waals surface area contributed by atoms with E-state index in [0.717, 1.165) is 36.5 Å². The number of hydrogen-bond acceptors (Lipinski definition) is 3. The van der Waals surface area contributed by atoms with E-state index in [4.69, 9.17) is 4.74 Å².